The third-order valence-electron chi connectivity index (χ3n) is 3.24. The van der Waals surface area contributed by atoms with Crippen molar-refractivity contribution >= 4 is 0 Å². The maximum atomic E-state index is 13.2. The molecule has 1 aromatic rings. The zero-order valence-electron chi connectivity index (χ0n) is 9.85. The smallest absolute Gasteiger partial charge is 0.126 e. The number of halogens is 1. The fraction of sp³-hybridized carbons (Fsp3) is 0.538. The molecule has 0 bridgehead atoms. The first-order valence-electron chi connectivity index (χ1n) is 5.73. The van der Waals surface area contributed by atoms with Crippen LogP contribution in [0.2, 0.25) is 0 Å². The van der Waals surface area contributed by atoms with Crippen molar-refractivity contribution in [3.63, 3.8) is 0 Å². The maximum Gasteiger partial charge on any atom is 0.126 e. The zero-order valence-corrected chi connectivity index (χ0v) is 9.85. The lowest BCUT2D eigenvalue weighted by molar-refractivity contribution is -0.0588. The van der Waals surface area contributed by atoms with Crippen LogP contribution in [0.4, 0.5) is 4.39 Å². The predicted octanol–water partition coefficient (Wildman–Crippen LogP) is 2.01. The molecule has 0 atom stereocenters. The van der Waals surface area contributed by atoms with Gasteiger partial charge in [-0.1, -0.05) is 19.1 Å². The van der Waals surface area contributed by atoms with Crippen LogP contribution >= 0.6 is 0 Å². The first kappa shape index (κ1) is 11.6. The topological polar surface area (TPSA) is 21.3 Å². The van der Waals surface area contributed by atoms with Crippen LogP contribution < -0.4 is 5.32 Å². The van der Waals surface area contributed by atoms with Gasteiger partial charge in [0.15, 0.2) is 0 Å². The lowest BCUT2D eigenvalue weighted by Crippen LogP contribution is -2.53. The molecule has 2 rings (SSSR count). The van der Waals surface area contributed by atoms with Crippen LogP contribution in [-0.4, -0.2) is 26.3 Å². The molecule has 1 heterocycles. The molecule has 1 saturated heterocycles. The number of hydrogen-bond acceptors (Lipinski definition) is 2. The van der Waals surface area contributed by atoms with Gasteiger partial charge in [0.25, 0.3) is 0 Å². The van der Waals surface area contributed by atoms with Gasteiger partial charge in [0.2, 0.25) is 0 Å². The maximum absolute atomic E-state index is 13.2. The van der Waals surface area contributed by atoms with Crippen LogP contribution in [0.1, 0.15) is 18.1 Å². The summed E-state index contributed by atoms with van der Waals surface area (Å²) < 4.78 is 18.5. The Bertz CT molecular complexity index is 374. The second kappa shape index (κ2) is 4.52. The molecule has 3 heteroatoms. The van der Waals surface area contributed by atoms with Crippen molar-refractivity contribution in [2.24, 2.45) is 0 Å². The van der Waals surface area contributed by atoms with E-state index in [1.807, 2.05) is 12.1 Å². The molecule has 1 aromatic carbocycles. The summed E-state index contributed by atoms with van der Waals surface area (Å²) in [6.07, 6.45) is 0. The van der Waals surface area contributed by atoms with Crippen LogP contribution in [-0.2, 0) is 10.2 Å². The summed E-state index contributed by atoms with van der Waals surface area (Å²) in [7, 11) is 0. The molecule has 1 fully saturated rings. The summed E-state index contributed by atoms with van der Waals surface area (Å²) in [4.78, 5) is 0. The Morgan fingerprint density at radius 1 is 1.44 bits per heavy atom. The fourth-order valence-corrected chi connectivity index (χ4v) is 2.06. The van der Waals surface area contributed by atoms with Crippen molar-refractivity contribution in [2.45, 2.75) is 19.3 Å². The van der Waals surface area contributed by atoms with Gasteiger partial charge in [-0.25, -0.2) is 4.39 Å². The Kier molecular flexibility index (Phi) is 3.26. The van der Waals surface area contributed by atoms with Gasteiger partial charge in [-0.3, -0.25) is 0 Å². The van der Waals surface area contributed by atoms with Gasteiger partial charge in [0.1, 0.15) is 5.82 Å². The number of nitrogens with one attached hydrogen (secondary N) is 1. The third kappa shape index (κ3) is 1.97. The lowest BCUT2D eigenvalue weighted by atomic mass is 9.78. The molecule has 16 heavy (non-hydrogen) atoms. The van der Waals surface area contributed by atoms with E-state index in [1.165, 1.54) is 5.56 Å². The molecule has 0 amide bonds. The largest absolute Gasteiger partial charge is 0.379 e. The van der Waals surface area contributed by atoms with Gasteiger partial charge in [-0.15, -0.1) is 0 Å². The quantitative estimate of drug-likeness (QED) is 0.843. The highest BCUT2D eigenvalue weighted by atomic mass is 19.1. The van der Waals surface area contributed by atoms with Crippen LogP contribution in [0.5, 0.6) is 0 Å². The van der Waals surface area contributed by atoms with Crippen molar-refractivity contribution in [3.05, 3.63) is 35.1 Å². The van der Waals surface area contributed by atoms with E-state index >= 15 is 0 Å². The monoisotopic (exact) mass is 223 g/mol. The Morgan fingerprint density at radius 2 is 2.19 bits per heavy atom. The van der Waals surface area contributed by atoms with E-state index in [4.69, 9.17) is 4.74 Å². The van der Waals surface area contributed by atoms with Gasteiger partial charge in [0.05, 0.1) is 18.6 Å². The Hall–Kier alpha value is -0.930. The number of hydrogen-bond donors (Lipinski definition) is 1. The Morgan fingerprint density at radius 3 is 2.69 bits per heavy atom. The van der Waals surface area contributed by atoms with Crippen LogP contribution in [0, 0.1) is 12.7 Å². The summed E-state index contributed by atoms with van der Waals surface area (Å²) in [5.74, 6) is -0.136. The standard InChI is InChI=1S/C13H18FNO/c1-3-15-7-13(8-16-9-13)11-4-5-12(14)10(2)6-11/h4-6,15H,3,7-9H2,1-2H3. The van der Waals surface area contributed by atoms with Crippen molar-refractivity contribution in [2.75, 3.05) is 26.3 Å². The molecule has 0 radical (unpaired) electrons. The highest BCUT2D eigenvalue weighted by Gasteiger charge is 2.39. The lowest BCUT2D eigenvalue weighted by Gasteiger charge is -2.42. The normalized spacial score (nSPS) is 18.2. The Labute approximate surface area is 95.8 Å². The molecule has 1 aliphatic heterocycles. The van der Waals surface area contributed by atoms with E-state index in [2.05, 4.69) is 12.2 Å². The van der Waals surface area contributed by atoms with Gasteiger partial charge < -0.3 is 10.1 Å². The van der Waals surface area contributed by atoms with Crippen molar-refractivity contribution in [1.29, 1.82) is 0 Å². The van der Waals surface area contributed by atoms with Crippen LogP contribution in [0.15, 0.2) is 18.2 Å². The average molecular weight is 223 g/mol. The van der Waals surface area contributed by atoms with E-state index in [0.29, 0.717) is 5.56 Å². The molecule has 0 aromatic heterocycles. The molecule has 1 aliphatic rings. The van der Waals surface area contributed by atoms with Crippen molar-refractivity contribution in [1.82, 2.24) is 5.32 Å². The highest BCUT2D eigenvalue weighted by Crippen LogP contribution is 2.32. The molecule has 0 saturated carbocycles. The summed E-state index contributed by atoms with van der Waals surface area (Å²) in [6.45, 7) is 7.19. The fourth-order valence-electron chi connectivity index (χ4n) is 2.06. The number of likely N-dealkylation sites (N-methyl/N-ethyl adjacent to an activating group) is 1. The zero-order chi connectivity index (χ0) is 11.6. The van der Waals surface area contributed by atoms with E-state index in [0.717, 1.165) is 26.3 Å². The minimum atomic E-state index is -0.136. The summed E-state index contributed by atoms with van der Waals surface area (Å²) in [6, 6.07) is 5.37. The molecule has 2 nitrogen and oxygen atoms in total. The average Bonchev–Trinajstić information content (AvgIpc) is 2.22. The van der Waals surface area contributed by atoms with E-state index in [1.54, 1.807) is 13.0 Å². The predicted molar refractivity (Wildman–Crippen MR) is 62.2 cm³/mol. The van der Waals surface area contributed by atoms with Gasteiger partial charge in [0, 0.05) is 6.54 Å². The van der Waals surface area contributed by atoms with Gasteiger partial charge >= 0.3 is 0 Å². The van der Waals surface area contributed by atoms with Crippen molar-refractivity contribution in [3.8, 4) is 0 Å². The minimum absolute atomic E-state index is 0.0501. The number of ether oxygens (including phenoxy) is 1. The molecule has 1 N–H and O–H groups in total. The summed E-state index contributed by atoms with van der Waals surface area (Å²) >= 11 is 0. The summed E-state index contributed by atoms with van der Waals surface area (Å²) in [5, 5.41) is 3.35. The number of aryl methyl sites for hydroxylation is 1. The highest BCUT2D eigenvalue weighted by molar-refractivity contribution is 5.33. The van der Waals surface area contributed by atoms with E-state index in [9.17, 15) is 4.39 Å². The first-order chi connectivity index (χ1) is 7.68. The molecular formula is C13H18FNO. The molecule has 0 spiro atoms. The van der Waals surface area contributed by atoms with E-state index in [-0.39, 0.29) is 11.2 Å². The summed E-state index contributed by atoms with van der Waals surface area (Å²) in [5.41, 5.74) is 1.94. The molecule has 88 valence electrons. The third-order valence-corrected chi connectivity index (χ3v) is 3.24. The molecule has 0 unspecified atom stereocenters. The SMILES string of the molecule is CCNCC1(c2ccc(F)c(C)c2)COC1. The first-order valence-corrected chi connectivity index (χ1v) is 5.73. The second-order valence-electron chi connectivity index (χ2n) is 4.52. The van der Waals surface area contributed by atoms with Crippen LogP contribution in [0.25, 0.3) is 0 Å². The van der Waals surface area contributed by atoms with Gasteiger partial charge in [-0.05, 0) is 30.7 Å². The van der Waals surface area contributed by atoms with Gasteiger partial charge in [-0.2, -0.15) is 0 Å². The molecule has 0 aliphatic carbocycles. The number of benzene rings is 1. The number of rotatable bonds is 4. The van der Waals surface area contributed by atoms with E-state index < -0.39 is 0 Å². The molecular weight excluding hydrogens is 205 g/mol. The minimum Gasteiger partial charge on any atom is -0.379 e. The second-order valence-corrected chi connectivity index (χ2v) is 4.52. The van der Waals surface area contributed by atoms with Crippen molar-refractivity contribution < 1.29 is 9.13 Å². The Balaban J connectivity index is 2.22. The van der Waals surface area contributed by atoms with Crippen LogP contribution in [0.3, 0.4) is 0 Å².